The molecule has 0 bridgehead atoms. The van der Waals surface area contributed by atoms with Crippen molar-refractivity contribution in [3.05, 3.63) is 35.6 Å². The summed E-state index contributed by atoms with van der Waals surface area (Å²) in [6.07, 6.45) is 3.97. The molecule has 0 spiro atoms. The minimum atomic E-state index is 0.636. The van der Waals surface area contributed by atoms with E-state index in [1.165, 1.54) is 5.69 Å². The van der Waals surface area contributed by atoms with Crippen LogP contribution in [0.2, 0.25) is 0 Å². The quantitative estimate of drug-likeness (QED) is 0.858. The highest BCUT2D eigenvalue weighted by Crippen LogP contribution is 2.18. The number of piperazine rings is 1. The van der Waals surface area contributed by atoms with Gasteiger partial charge >= 0.3 is 0 Å². The average molecular weight is 276 g/mol. The molecule has 3 rings (SSSR count). The van der Waals surface area contributed by atoms with Crippen molar-refractivity contribution in [3.8, 4) is 5.13 Å². The van der Waals surface area contributed by atoms with Crippen LogP contribution in [0, 0.1) is 0 Å². The van der Waals surface area contributed by atoms with Crippen molar-refractivity contribution in [2.24, 2.45) is 0 Å². The highest BCUT2D eigenvalue weighted by atomic mass is 32.1. The lowest BCUT2D eigenvalue weighted by molar-refractivity contribution is 0.0987. The van der Waals surface area contributed by atoms with Gasteiger partial charge in [0.2, 0.25) is 0 Å². The molecule has 0 aliphatic carbocycles. The third kappa shape index (κ3) is 2.73. The fraction of sp³-hybridized carbons (Fsp3) is 0.500. The Morgan fingerprint density at radius 2 is 2.32 bits per heavy atom. The zero-order chi connectivity index (χ0) is 13.2. The SMILES string of the molecule is C[C@@H]1CN(Cc2cccn2-c2nccs2)CCN1C. The Balaban J connectivity index is 1.73. The minimum absolute atomic E-state index is 0.636. The molecule has 1 saturated heterocycles. The topological polar surface area (TPSA) is 24.3 Å². The van der Waals surface area contributed by atoms with Crippen molar-refractivity contribution < 1.29 is 0 Å². The molecule has 102 valence electrons. The summed E-state index contributed by atoms with van der Waals surface area (Å²) in [6, 6.07) is 4.94. The van der Waals surface area contributed by atoms with Crippen molar-refractivity contribution in [3.63, 3.8) is 0 Å². The Kier molecular flexibility index (Phi) is 3.68. The van der Waals surface area contributed by atoms with Crippen molar-refractivity contribution in [1.29, 1.82) is 0 Å². The first kappa shape index (κ1) is 12.8. The summed E-state index contributed by atoms with van der Waals surface area (Å²) in [6.45, 7) is 6.74. The molecule has 0 amide bonds. The maximum Gasteiger partial charge on any atom is 0.193 e. The molecular formula is C14H20N4S. The van der Waals surface area contributed by atoms with Gasteiger partial charge in [0.25, 0.3) is 0 Å². The standard InChI is InChI=1S/C14H20N4S/c1-12-10-17(8-7-16(12)2)11-13-4-3-6-18(13)14-15-5-9-19-14/h3-6,9,12H,7-8,10-11H2,1-2H3/t12-/m1/s1. The van der Waals surface area contributed by atoms with E-state index >= 15 is 0 Å². The number of nitrogens with zero attached hydrogens (tertiary/aromatic N) is 4. The van der Waals surface area contributed by atoms with Crippen molar-refractivity contribution in [2.75, 3.05) is 26.7 Å². The molecule has 0 unspecified atom stereocenters. The van der Waals surface area contributed by atoms with Crippen LogP contribution in [0.5, 0.6) is 0 Å². The van der Waals surface area contributed by atoms with Crippen LogP contribution in [-0.2, 0) is 6.54 Å². The number of rotatable bonds is 3. The summed E-state index contributed by atoms with van der Waals surface area (Å²) in [4.78, 5) is 9.35. The predicted octanol–water partition coefficient (Wildman–Crippen LogP) is 2.07. The van der Waals surface area contributed by atoms with Gasteiger partial charge in [-0.05, 0) is 26.1 Å². The van der Waals surface area contributed by atoms with Crippen molar-refractivity contribution in [1.82, 2.24) is 19.4 Å². The molecule has 1 fully saturated rings. The monoisotopic (exact) mass is 276 g/mol. The van der Waals surface area contributed by atoms with Crippen LogP contribution in [-0.4, -0.2) is 52.1 Å². The Bertz CT molecular complexity index is 519. The van der Waals surface area contributed by atoms with Crippen LogP contribution in [0.4, 0.5) is 0 Å². The van der Waals surface area contributed by atoms with Crippen LogP contribution in [0.25, 0.3) is 5.13 Å². The number of thiazole rings is 1. The van der Waals surface area contributed by atoms with Gasteiger partial charge in [-0.25, -0.2) is 4.98 Å². The number of aromatic nitrogens is 2. The molecule has 1 aliphatic rings. The molecular weight excluding hydrogens is 256 g/mol. The fourth-order valence-electron chi connectivity index (χ4n) is 2.56. The van der Waals surface area contributed by atoms with Crippen LogP contribution >= 0.6 is 11.3 Å². The maximum atomic E-state index is 4.39. The van der Waals surface area contributed by atoms with Crippen molar-refractivity contribution in [2.45, 2.75) is 19.5 Å². The molecule has 19 heavy (non-hydrogen) atoms. The van der Waals surface area contributed by atoms with E-state index in [2.05, 4.69) is 51.7 Å². The Morgan fingerprint density at radius 1 is 1.42 bits per heavy atom. The van der Waals surface area contributed by atoms with E-state index in [1.807, 2.05) is 11.6 Å². The van der Waals surface area contributed by atoms with E-state index < -0.39 is 0 Å². The molecule has 5 heteroatoms. The lowest BCUT2D eigenvalue weighted by Crippen LogP contribution is -2.49. The van der Waals surface area contributed by atoms with Gasteiger partial charge < -0.3 is 4.90 Å². The summed E-state index contributed by atoms with van der Waals surface area (Å²) >= 11 is 1.68. The second-order valence-electron chi connectivity index (χ2n) is 5.25. The third-order valence-corrected chi connectivity index (χ3v) is 4.66. The van der Waals surface area contributed by atoms with Gasteiger partial charge in [0.15, 0.2) is 5.13 Å². The zero-order valence-electron chi connectivity index (χ0n) is 11.5. The summed E-state index contributed by atoms with van der Waals surface area (Å²) in [5, 5.41) is 3.08. The number of hydrogen-bond donors (Lipinski definition) is 0. The van der Waals surface area contributed by atoms with Gasteiger partial charge in [-0.1, -0.05) is 0 Å². The summed E-state index contributed by atoms with van der Waals surface area (Å²) in [5.41, 5.74) is 1.33. The van der Waals surface area contributed by atoms with E-state index in [1.54, 1.807) is 11.3 Å². The molecule has 0 N–H and O–H groups in total. The van der Waals surface area contributed by atoms with Gasteiger partial charge in [0.05, 0.1) is 0 Å². The van der Waals surface area contributed by atoms with E-state index in [-0.39, 0.29) is 0 Å². The molecule has 2 aromatic heterocycles. The first-order chi connectivity index (χ1) is 9.24. The summed E-state index contributed by atoms with van der Waals surface area (Å²) in [7, 11) is 2.21. The van der Waals surface area contributed by atoms with Gasteiger partial charge in [0.1, 0.15) is 0 Å². The highest BCUT2D eigenvalue weighted by molar-refractivity contribution is 7.12. The zero-order valence-corrected chi connectivity index (χ0v) is 12.3. The van der Waals surface area contributed by atoms with E-state index in [0.717, 1.165) is 31.3 Å². The lowest BCUT2D eigenvalue weighted by Gasteiger charge is -2.37. The predicted molar refractivity (Wildman–Crippen MR) is 78.8 cm³/mol. The van der Waals surface area contributed by atoms with Crippen molar-refractivity contribution >= 4 is 11.3 Å². The van der Waals surface area contributed by atoms with Gasteiger partial charge in [-0.3, -0.25) is 9.47 Å². The fourth-order valence-corrected chi connectivity index (χ4v) is 3.22. The Morgan fingerprint density at radius 3 is 3.05 bits per heavy atom. The first-order valence-electron chi connectivity index (χ1n) is 6.73. The summed E-state index contributed by atoms with van der Waals surface area (Å²) < 4.78 is 2.20. The Labute approximate surface area is 118 Å². The van der Waals surface area contributed by atoms with Crippen LogP contribution in [0.15, 0.2) is 29.9 Å². The highest BCUT2D eigenvalue weighted by Gasteiger charge is 2.21. The largest absolute Gasteiger partial charge is 0.301 e. The molecule has 0 radical (unpaired) electrons. The first-order valence-corrected chi connectivity index (χ1v) is 7.60. The molecule has 0 saturated carbocycles. The second-order valence-corrected chi connectivity index (χ2v) is 6.12. The van der Waals surface area contributed by atoms with Gasteiger partial charge in [-0.15, -0.1) is 11.3 Å². The average Bonchev–Trinajstić information content (AvgIpc) is 3.04. The molecule has 1 atom stereocenters. The van der Waals surface area contributed by atoms with E-state index in [9.17, 15) is 0 Å². The maximum absolute atomic E-state index is 4.39. The van der Waals surface area contributed by atoms with Gasteiger partial charge in [0, 0.05) is 55.7 Å². The van der Waals surface area contributed by atoms with Gasteiger partial charge in [-0.2, -0.15) is 0 Å². The number of likely N-dealkylation sites (N-methyl/N-ethyl adjacent to an activating group) is 1. The van der Waals surface area contributed by atoms with E-state index in [4.69, 9.17) is 0 Å². The smallest absolute Gasteiger partial charge is 0.193 e. The second kappa shape index (κ2) is 5.45. The number of hydrogen-bond acceptors (Lipinski definition) is 4. The summed E-state index contributed by atoms with van der Waals surface area (Å²) in [5.74, 6) is 0. The molecule has 2 aromatic rings. The normalized spacial score (nSPS) is 21.9. The van der Waals surface area contributed by atoms with Crippen LogP contribution in [0.3, 0.4) is 0 Å². The lowest BCUT2D eigenvalue weighted by atomic mass is 10.2. The van der Waals surface area contributed by atoms with Crippen LogP contribution < -0.4 is 0 Å². The minimum Gasteiger partial charge on any atom is -0.301 e. The Hall–Kier alpha value is -1.17. The molecule has 3 heterocycles. The third-order valence-electron chi connectivity index (χ3n) is 3.89. The van der Waals surface area contributed by atoms with E-state index in [0.29, 0.717) is 6.04 Å². The van der Waals surface area contributed by atoms with Crippen LogP contribution in [0.1, 0.15) is 12.6 Å². The molecule has 1 aliphatic heterocycles. The molecule has 4 nitrogen and oxygen atoms in total. The molecule has 0 aromatic carbocycles.